The van der Waals surface area contributed by atoms with Crippen LogP contribution in [0.2, 0.25) is 0 Å². The molecule has 0 atom stereocenters. The van der Waals surface area contributed by atoms with E-state index in [1.807, 2.05) is 11.4 Å². The fourth-order valence-corrected chi connectivity index (χ4v) is 3.47. The number of aromatic nitrogens is 4. The summed E-state index contributed by atoms with van der Waals surface area (Å²) in [4.78, 5) is 14.0. The van der Waals surface area contributed by atoms with Crippen molar-refractivity contribution in [3.05, 3.63) is 41.6 Å². The maximum absolute atomic E-state index is 4.80. The van der Waals surface area contributed by atoms with Crippen molar-refractivity contribution in [2.24, 2.45) is 0 Å². The van der Waals surface area contributed by atoms with Gasteiger partial charge < -0.3 is 9.80 Å². The second kappa shape index (κ2) is 6.60. The number of nitrogens with zero attached hydrogens (tertiary/aromatic N) is 6. The predicted molar refractivity (Wildman–Crippen MR) is 109 cm³/mol. The lowest BCUT2D eigenvalue weighted by molar-refractivity contribution is 0.311. The zero-order valence-corrected chi connectivity index (χ0v) is 16.9. The summed E-state index contributed by atoms with van der Waals surface area (Å²) in [6.45, 7) is 12.8. The maximum Gasteiger partial charge on any atom is 0.254 e. The number of piperazine rings is 1. The van der Waals surface area contributed by atoms with Gasteiger partial charge in [-0.3, -0.25) is 0 Å². The number of fused-ring (bicyclic) bond motifs is 1. The van der Waals surface area contributed by atoms with Crippen LogP contribution in [0.15, 0.2) is 30.3 Å². The van der Waals surface area contributed by atoms with E-state index < -0.39 is 0 Å². The van der Waals surface area contributed by atoms with E-state index in [0.29, 0.717) is 5.78 Å². The molecular weight excluding hydrogens is 336 g/mol. The Kier molecular flexibility index (Phi) is 4.38. The molecule has 0 radical (unpaired) electrons. The molecule has 0 bridgehead atoms. The van der Waals surface area contributed by atoms with Crippen molar-refractivity contribution >= 4 is 11.6 Å². The van der Waals surface area contributed by atoms with Crippen LogP contribution in [0.3, 0.4) is 0 Å². The molecule has 27 heavy (non-hydrogen) atoms. The topological polar surface area (TPSA) is 49.6 Å². The second-order valence-corrected chi connectivity index (χ2v) is 8.52. The number of likely N-dealkylation sites (N-methyl/N-ethyl adjacent to an activating group) is 1. The summed E-state index contributed by atoms with van der Waals surface area (Å²) in [7, 11) is 2.17. The van der Waals surface area contributed by atoms with Gasteiger partial charge in [0.1, 0.15) is 5.82 Å². The molecule has 3 aromatic rings. The molecule has 2 aromatic heterocycles. The molecular formula is C21H28N6. The van der Waals surface area contributed by atoms with Crippen LogP contribution >= 0.6 is 0 Å². The molecule has 6 heteroatoms. The molecule has 1 fully saturated rings. The van der Waals surface area contributed by atoms with Crippen molar-refractivity contribution in [1.82, 2.24) is 24.5 Å². The average Bonchev–Trinajstić information content (AvgIpc) is 3.05. The van der Waals surface area contributed by atoms with E-state index in [2.05, 4.69) is 72.9 Å². The van der Waals surface area contributed by atoms with Crippen molar-refractivity contribution in [3.63, 3.8) is 0 Å². The van der Waals surface area contributed by atoms with Gasteiger partial charge in [0, 0.05) is 43.5 Å². The van der Waals surface area contributed by atoms with Gasteiger partial charge >= 0.3 is 0 Å². The Morgan fingerprint density at radius 3 is 2.22 bits per heavy atom. The van der Waals surface area contributed by atoms with Crippen LogP contribution in [0.1, 0.15) is 32.0 Å². The lowest BCUT2D eigenvalue weighted by Crippen LogP contribution is -2.45. The molecule has 0 aliphatic carbocycles. The lowest BCUT2D eigenvalue weighted by atomic mass is 9.87. The quantitative estimate of drug-likeness (QED) is 0.699. The van der Waals surface area contributed by atoms with Crippen molar-refractivity contribution in [1.29, 1.82) is 0 Å². The van der Waals surface area contributed by atoms with Crippen LogP contribution in [0.5, 0.6) is 0 Å². The minimum atomic E-state index is 0.137. The Morgan fingerprint density at radius 2 is 1.59 bits per heavy atom. The smallest absolute Gasteiger partial charge is 0.254 e. The third kappa shape index (κ3) is 3.54. The van der Waals surface area contributed by atoms with E-state index in [0.717, 1.165) is 49.1 Å². The molecule has 4 rings (SSSR count). The Labute approximate surface area is 160 Å². The highest BCUT2D eigenvalue weighted by Crippen LogP contribution is 2.26. The highest BCUT2D eigenvalue weighted by Gasteiger charge is 2.20. The van der Waals surface area contributed by atoms with Gasteiger partial charge in [0.2, 0.25) is 0 Å². The summed E-state index contributed by atoms with van der Waals surface area (Å²) < 4.78 is 1.89. The normalized spacial score (nSPS) is 16.3. The summed E-state index contributed by atoms with van der Waals surface area (Å²) >= 11 is 0. The first kappa shape index (κ1) is 17.9. The van der Waals surface area contributed by atoms with Gasteiger partial charge in [-0.1, -0.05) is 45.0 Å². The summed E-state index contributed by atoms with van der Waals surface area (Å²) in [6.07, 6.45) is 0. The highest BCUT2D eigenvalue weighted by molar-refractivity contribution is 5.59. The zero-order valence-electron chi connectivity index (χ0n) is 16.9. The van der Waals surface area contributed by atoms with E-state index >= 15 is 0 Å². The van der Waals surface area contributed by atoms with Crippen molar-refractivity contribution in [3.8, 4) is 11.4 Å². The molecule has 1 saturated heterocycles. The van der Waals surface area contributed by atoms with Gasteiger partial charge in [0.25, 0.3) is 5.78 Å². The third-order valence-electron chi connectivity index (χ3n) is 5.26. The van der Waals surface area contributed by atoms with E-state index in [9.17, 15) is 0 Å². The molecule has 0 N–H and O–H groups in total. The van der Waals surface area contributed by atoms with Gasteiger partial charge in [-0.2, -0.15) is 9.50 Å². The Bertz CT molecular complexity index is 943. The van der Waals surface area contributed by atoms with Crippen LogP contribution in [0.4, 0.5) is 5.82 Å². The predicted octanol–water partition coefficient (Wildman–Crippen LogP) is 3.15. The SMILES string of the molecule is Cc1cc(N2CCN(C)CC2)n2nc(-c3ccc(C(C)(C)C)cc3)nc2n1. The number of benzene rings is 1. The van der Waals surface area contributed by atoms with E-state index in [1.165, 1.54) is 5.56 Å². The molecule has 1 aromatic carbocycles. The molecule has 0 unspecified atom stereocenters. The fraction of sp³-hybridized carbons (Fsp3) is 0.476. The number of rotatable bonds is 2. The van der Waals surface area contributed by atoms with Crippen molar-refractivity contribution in [2.45, 2.75) is 33.1 Å². The molecule has 1 aliphatic rings. The molecule has 3 heterocycles. The molecule has 142 valence electrons. The lowest BCUT2D eigenvalue weighted by Gasteiger charge is -2.33. The minimum absolute atomic E-state index is 0.137. The summed E-state index contributed by atoms with van der Waals surface area (Å²) in [6, 6.07) is 10.7. The Balaban J connectivity index is 1.73. The standard InChI is InChI=1S/C21H28N6/c1-15-14-18(26-12-10-25(5)11-13-26)27-20(22-15)23-19(24-27)16-6-8-17(9-7-16)21(2,3)4/h6-9,14H,10-13H2,1-5H3. The minimum Gasteiger partial charge on any atom is -0.354 e. The largest absolute Gasteiger partial charge is 0.354 e. The Hall–Kier alpha value is -2.47. The summed E-state index contributed by atoms with van der Waals surface area (Å²) in [5.41, 5.74) is 3.44. The molecule has 6 nitrogen and oxygen atoms in total. The first-order chi connectivity index (χ1) is 12.8. The van der Waals surface area contributed by atoms with Gasteiger partial charge in [-0.05, 0) is 24.9 Å². The monoisotopic (exact) mass is 364 g/mol. The van der Waals surface area contributed by atoms with Crippen LogP contribution in [-0.2, 0) is 5.41 Å². The van der Waals surface area contributed by atoms with E-state index in [4.69, 9.17) is 10.1 Å². The third-order valence-corrected chi connectivity index (χ3v) is 5.26. The summed E-state index contributed by atoms with van der Waals surface area (Å²) in [5.74, 6) is 2.47. The van der Waals surface area contributed by atoms with Gasteiger partial charge in [-0.15, -0.1) is 5.10 Å². The number of hydrogen-bond donors (Lipinski definition) is 0. The van der Waals surface area contributed by atoms with E-state index in [1.54, 1.807) is 0 Å². The Morgan fingerprint density at radius 1 is 0.926 bits per heavy atom. The van der Waals surface area contributed by atoms with Crippen molar-refractivity contribution in [2.75, 3.05) is 38.1 Å². The first-order valence-electron chi connectivity index (χ1n) is 9.60. The molecule has 1 aliphatic heterocycles. The number of hydrogen-bond acceptors (Lipinski definition) is 5. The van der Waals surface area contributed by atoms with Crippen LogP contribution in [0, 0.1) is 6.92 Å². The second-order valence-electron chi connectivity index (χ2n) is 8.52. The maximum atomic E-state index is 4.80. The summed E-state index contributed by atoms with van der Waals surface area (Å²) in [5, 5.41) is 4.80. The van der Waals surface area contributed by atoms with Crippen LogP contribution in [-0.4, -0.2) is 57.7 Å². The average molecular weight is 364 g/mol. The van der Waals surface area contributed by atoms with Crippen molar-refractivity contribution < 1.29 is 0 Å². The first-order valence-corrected chi connectivity index (χ1v) is 9.60. The van der Waals surface area contributed by atoms with Gasteiger partial charge in [0.15, 0.2) is 5.82 Å². The van der Waals surface area contributed by atoms with Gasteiger partial charge in [-0.25, -0.2) is 4.98 Å². The number of aryl methyl sites for hydroxylation is 1. The molecule has 0 amide bonds. The van der Waals surface area contributed by atoms with Crippen LogP contribution in [0.25, 0.3) is 17.2 Å². The fourth-order valence-electron chi connectivity index (χ4n) is 3.47. The highest BCUT2D eigenvalue weighted by atomic mass is 15.4. The zero-order chi connectivity index (χ0) is 19.2. The van der Waals surface area contributed by atoms with Crippen LogP contribution < -0.4 is 4.90 Å². The van der Waals surface area contributed by atoms with E-state index in [-0.39, 0.29) is 5.41 Å². The van der Waals surface area contributed by atoms with Gasteiger partial charge in [0.05, 0.1) is 0 Å². The molecule has 0 saturated carbocycles. The number of anilines is 1. The molecule has 0 spiro atoms.